The summed E-state index contributed by atoms with van der Waals surface area (Å²) in [5.74, 6) is 0.900. The van der Waals surface area contributed by atoms with Crippen molar-refractivity contribution >= 4 is 11.5 Å². The Bertz CT molecular complexity index is 931. The molecule has 0 aliphatic carbocycles. The molecule has 6 heteroatoms. The number of phenols is 1. The lowest BCUT2D eigenvalue weighted by Gasteiger charge is -2.33. The van der Waals surface area contributed by atoms with Gasteiger partial charge < -0.3 is 20.1 Å². The van der Waals surface area contributed by atoms with E-state index in [1.165, 1.54) is 0 Å². The zero-order valence-electron chi connectivity index (χ0n) is 16.9. The number of carbonyl (C=O) groups is 1. The second-order valence-electron chi connectivity index (χ2n) is 7.65. The Morgan fingerprint density at radius 1 is 1.31 bits per heavy atom. The molecule has 2 aliphatic heterocycles. The maximum absolute atomic E-state index is 12.7. The average Bonchev–Trinajstić information content (AvgIpc) is 3.19. The number of aromatic nitrogens is 1. The van der Waals surface area contributed by atoms with Crippen LogP contribution < -0.4 is 10.1 Å². The van der Waals surface area contributed by atoms with Crippen LogP contribution in [0.4, 0.5) is 0 Å². The number of fused-ring (bicyclic) bond motifs is 1. The molecule has 1 unspecified atom stereocenters. The van der Waals surface area contributed by atoms with Crippen molar-refractivity contribution in [2.24, 2.45) is 0 Å². The predicted octanol–water partition coefficient (Wildman–Crippen LogP) is 3.22. The van der Waals surface area contributed by atoms with Crippen molar-refractivity contribution in [3.05, 3.63) is 59.4 Å². The van der Waals surface area contributed by atoms with Crippen molar-refractivity contribution in [1.29, 1.82) is 0 Å². The summed E-state index contributed by atoms with van der Waals surface area (Å²) >= 11 is 0. The SMILES string of the molecule is CCCN(CC)C(=O)c1ccc(C2=CC3(CCNC3)Oc3ccc(O)cc32)cn1. The van der Waals surface area contributed by atoms with Gasteiger partial charge in [-0.1, -0.05) is 13.0 Å². The van der Waals surface area contributed by atoms with Gasteiger partial charge in [-0.2, -0.15) is 0 Å². The number of aromatic hydroxyl groups is 1. The topological polar surface area (TPSA) is 74.7 Å². The third-order valence-corrected chi connectivity index (χ3v) is 5.58. The fraction of sp³-hybridized carbons (Fsp3) is 0.391. The molecule has 1 saturated heterocycles. The van der Waals surface area contributed by atoms with Crippen molar-refractivity contribution in [2.45, 2.75) is 32.3 Å². The van der Waals surface area contributed by atoms with Gasteiger partial charge in [0, 0.05) is 43.4 Å². The Labute approximate surface area is 171 Å². The highest BCUT2D eigenvalue weighted by Crippen LogP contribution is 2.42. The molecule has 0 saturated carbocycles. The quantitative estimate of drug-likeness (QED) is 0.816. The molecule has 152 valence electrons. The molecule has 3 heterocycles. The van der Waals surface area contributed by atoms with E-state index in [9.17, 15) is 9.90 Å². The Kier molecular flexibility index (Phi) is 5.28. The van der Waals surface area contributed by atoms with Gasteiger partial charge in [-0.15, -0.1) is 0 Å². The molecule has 1 atom stereocenters. The minimum Gasteiger partial charge on any atom is -0.508 e. The van der Waals surface area contributed by atoms with E-state index in [0.29, 0.717) is 12.2 Å². The van der Waals surface area contributed by atoms with Crippen molar-refractivity contribution in [3.63, 3.8) is 0 Å². The first-order valence-electron chi connectivity index (χ1n) is 10.3. The normalized spacial score (nSPS) is 20.1. The van der Waals surface area contributed by atoms with Crippen LogP contribution in [0, 0.1) is 0 Å². The van der Waals surface area contributed by atoms with E-state index in [2.05, 4.69) is 23.3 Å². The second kappa shape index (κ2) is 7.87. The minimum atomic E-state index is -0.395. The molecule has 1 fully saturated rings. The zero-order valence-corrected chi connectivity index (χ0v) is 16.9. The summed E-state index contributed by atoms with van der Waals surface area (Å²) in [6, 6.07) is 8.89. The highest BCUT2D eigenvalue weighted by atomic mass is 16.5. The summed E-state index contributed by atoms with van der Waals surface area (Å²) in [6.45, 7) is 7.07. The third kappa shape index (κ3) is 3.72. The first kappa shape index (κ1) is 19.5. The molecular formula is C23H27N3O3. The molecule has 6 nitrogen and oxygen atoms in total. The Balaban J connectivity index is 1.70. The number of ether oxygens (including phenoxy) is 1. The zero-order chi connectivity index (χ0) is 20.4. The molecule has 1 amide bonds. The van der Waals surface area contributed by atoms with Gasteiger partial charge in [0.25, 0.3) is 5.91 Å². The van der Waals surface area contributed by atoms with Gasteiger partial charge in [0.15, 0.2) is 0 Å². The molecule has 0 bridgehead atoms. The van der Waals surface area contributed by atoms with Crippen LogP contribution in [0.2, 0.25) is 0 Å². The molecule has 2 aromatic rings. The molecule has 2 aliphatic rings. The van der Waals surface area contributed by atoms with E-state index in [4.69, 9.17) is 4.74 Å². The fourth-order valence-corrected chi connectivity index (χ4v) is 4.06. The number of benzene rings is 1. The predicted molar refractivity (Wildman–Crippen MR) is 112 cm³/mol. The summed E-state index contributed by atoms with van der Waals surface area (Å²) < 4.78 is 6.29. The van der Waals surface area contributed by atoms with Gasteiger partial charge in [0.2, 0.25) is 0 Å². The number of nitrogens with one attached hydrogen (secondary N) is 1. The highest BCUT2D eigenvalue weighted by molar-refractivity contribution is 5.93. The van der Waals surface area contributed by atoms with Crippen molar-refractivity contribution < 1.29 is 14.6 Å². The van der Waals surface area contributed by atoms with Crippen LogP contribution in [0.5, 0.6) is 11.5 Å². The van der Waals surface area contributed by atoms with Crippen LogP contribution in [0.3, 0.4) is 0 Å². The van der Waals surface area contributed by atoms with E-state index < -0.39 is 5.60 Å². The van der Waals surface area contributed by atoms with Crippen molar-refractivity contribution in [3.8, 4) is 11.5 Å². The highest BCUT2D eigenvalue weighted by Gasteiger charge is 2.38. The monoisotopic (exact) mass is 393 g/mol. The van der Waals surface area contributed by atoms with Gasteiger partial charge in [-0.05, 0) is 55.8 Å². The summed E-state index contributed by atoms with van der Waals surface area (Å²) in [5, 5.41) is 13.4. The minimum absolute atomic E-state index is 0.0450. The Hall–Kier alpha value is -2.86. The molecule has 4 rings (SSSR count). The lowest BCUT2D eigenvalue weighted by Crippen LogP contribution is -2.38. The number of phenolic OH excluding ortho intramolecular Hbond substituents is 1. The summed E-state index contributed by atoms with van der Waals surface area (Å²) in [6.07, 6.45) is 5.67. The van der Waals surface area contributed by atoms with Gasteiger partial charge in [0.1, 0.15) is 22.8 Å². The summed E-state index contributed by atoms with van der Waals surface area (Å²) in [4.78, 5) is 19.0. The number of rotatable bonds is 5. The largest absolute Gasteiger partial charge is 0.508 e. The maximum atomic E-state index is 12.7. The molecule has 2 N–H and O–H groups in total. The van der Waals surface area contributed by atoms with Crippen molar-refractivity contribution in [2.75, 3.05) is 26.2 Å². The number of hydrogen-bond donors (Lipinski definition) is 2. The van der Waals surface area contributed by atoms with Crippen LogP contribution in [0.1, 0.15) is 48.3 Å². The lowest BCUT2D eigenvalue weighted by atomic mass is 9.88. The Morgan fingerprint density at radius 3 is 2.83 bits per heavy atom. The van der Waals surface area contributed by atoms with Gasteiger partial charge in [-0.25, -0.2) is 0 Å². The third-order valence-electron chi connectivity index (χ3n) is 5.58. The van der Waals surface area contributed by atoms with Gasteiger partial charge >= 0.3 is 0 Å². The maximum Gasteiger partial charge on any atom is 0.272 e. The van der Waals surface area contributed by atoms with Crippen LogP contribution in [-0.2, 0) is 0 Å². The average molecular weight is 393 g/mol. The summed E-state index contributed by atoms with van der Waals surface area (Å²) in [5.41, 5.74) is 2.77. The molecule has 1 spiro atoms. The van der Waals surface area contributed by atoms with E-state index in [1.54, 1.807) is 24.4 Å². The van der Waals surface area contributed by atoms with Crippen LogP contribution in [0.25, 0.3) is 5.57 Å². The number of pyridine rings is 1. The number of nitrogens with zero attached hydrogens (tertiary/aromatic N) is 2. The number of hydrogen-bond acceptors (Lipinski definition) is 5. The van der Waals surface area contributed by atoms with Gasteiger partial charge in [0.05, 0.1) is 0 Å². The molecule has 1 aromatic carbocycles. The first-order valence-corrected chi connectivity index (χ1v) is 10.3. The number of amides is 1. The Morgan fingerprint density at radius 2 is 2.17 bits per heavy atom. The molecular weight excluding hydrogens is 366 g/mol. The van der Waals surface area contributed by atoms with Crippen LogP contribution >= 0.6 is 0 Å². The van der Waals surface area contributed by atoms with E-state index in [0.717, 1.165) is 54.9 Å². The van der Waals surface area contributed by atoms with Crippen molar-refractivity contribution in [1.82, 2.24) is 15.2 Å². The fourth-order valence-electron chi connectivity index (χ4n) is 4.06. The first-order chi connectivity index (χ1) is 14.0. The molecule has 29 heavy (non-hydrogen) atoms. The second-order valence-corrected chi connectivity index (χ2v) is 7.65. The van der Waals surface area contributed by atoms with E-state index in [1.807, 2.05) is 24.0 Å². The van der Waals surface area contributed by atoms with Gasteiger partial charge in [-0.3, -0.25) is 9.78 Å². The smallest absolute Gasteiger partial charge is 0.272 e. The van der Waals surface area contributed by atoms with E-state index >= 15 is 0 Å². The standard InChI is InChI=1S/C23H27N3O3/c1-3-11-26(4-2)22(28)20-7-5-16(14-25-20)19-13-23(9-10-24-15-23)29-21-8-6-17(27)12-18(19)21/h5-8,12-14,24,27H,3-4,9-11,15H2,1-2H3. The van der Waals surface area contributed by atoms with E-state index in [-0.39, 0.29) is 11.7 Å². The molecule has 1 aromatic heterocycles. The molecule has 0 radical (unpaired) electrons. The van der Waals surface area contributed by atoms with Crippen LogP contribution in [0.15, 0.2) is 42.6 Å². The summed E-state index contributed by atoms with van der Waals surface area (Å²) in [7, 11) is 0. The number of carbonyl (C=O) groups excluding carboxylic acids is 1. The lowest BCUT2D eigenvalue weighted by molar-refractivity contribution is 0.0758. The van der Waals surface area contributed by atoms with Crippen LogP contribution in [-0.4, -0.2) is 52.7 Å².